The van der Waals surface area contributed by atoms with Gasteiger partial charge in [-0.15, -0.1) is 0 Å². The van der Waals surface area contributed by atoms with Gasteiger partial charge in [0.15, 0.2) is 0 Å². The summed E-state index contributed by atoms with van der Waals surface area (Å²) in [6.45, 7) is 2.18. The van der Waals surface area contributed by atoms with Crippen molar-refractivity contribution in [3.63, 3.8) is 0 Å². The second-order valence-electron chi connectivity index (χ2n) is 5.11. The van der Waals surface area contributed by atoms with Crippen LogP contribution in [-0.4, -0.2) is 20.9 Å². The third-order valence-corrected chi connectivity index (χ3v) is 3.80. The fourth-order valence-electron chi connectivity index (χ4n) is 2.67. The zero-order valence-corrected chi connectivity index (χ0v) is 11.5. The van der Waals surface area contributed by atoms with E-state index in [-0.39, 0.29) is 23.5 Å². The number of anilines is 2. The standard InChI is InChI=1S/C12H20N6O2/c1-2-8-4-3-5-9(6-8)15-11-10(18(19)20)7-14-12(16-11)17-13/h7-9H,2-6,13H2,1H3,(H2,14,15,16,17). The summed E-state index contributed by atoms with van der Waals surface area (Å²) in [6.07, 6.45) is 6.70. The number of aromatic nitrogens is 2. The van der Waals surface area contributed by atoms with Gasteiger partial charge in [-0.3, -0.25) is 15.5 Å². The average Bonchev–Trinajstić information content (AvgIpc) is 2.47. The summed E-state index contributed by atoms with van der Waals surface area (Å²) in [5, 5.41) is 14.2. The Hall–Kier alpha value is -1.96. The summed E-state index contributed by atoms with van der Waals surface area (Å²) in [6, 6.07) is 0.216. The van der Waals surface area contributed by atoms with Crippen molar-refractivity contribution in [2.45, 2.75) is 45.1 Å². The van der Waals surface area contributed by atoms with E-state index in [1.807, 2.05) is 0 Å². The molecule has 0 aliphatic heterocycles. The molecule has 1 aliphatic rings. The number of hydrogen-bond donors (Lipinski definition) is 3. The zero-order valence-electron chi connectivity index (χ0n) is 11.5. The Bertz CT molecular complexity index is 481. The lowest BCUT2D eigenvalue weighted by molar-refractivity contribution is -0.384. The first kappa shape index (κ1) is 14.4. The van der Waals surface area contributed by atoms with Gasteiger partial charge in [-0.05, 0) is 18.8 Å². The van der Waals surface area contributed by atoms with Crippen molar-refractivity contribution < 1.29 is 4.92 Å². The molecule has 1 aromatic rings. The van der Waals surface area contributed by atoms with E-state index in [0.29, 0.717) is 5.92 Å². The molecule has 1 aliphatic carbocycles. The molecule has 0 spiro atoms. The van der Waals surface area contributed by atoms with Gasteiger partial charge < -0.3 is 5.32 Å². The lowest BCUT2D eigenvalue weighted by Crippen LogP contribution is -2.28. The van der Waals surface area contributed by atoms with E-state index in [2.05, 4.69) is 27.6 Å². The number of hydrazine groups is 1. The molecule has 1 saturated carbocycles. The Kier molecular flexibility index (Phi) is 4.67. The second kappa shape index (κ2) is 6.47. The summed E-state index contributed by atoms with van der Waals surface area (Å²) in [4.78, 5) is 18.4. The quantitative estimate of drug-likeness (QED) is 0.429. The van der Waals surface area contributed by atoms with Gasteiger partial charge in [-0.25, -0.2) is 10.8 Å². The molecule has 1 heterocycles. The topological polar surface area (TPSA) is 119 Å². The van der Waals surface area contributed by atoms with Crippen LogP contribution in [0.4, 0.5) is 17.5 Å². The maximum absolute atomic E-state index is 11.0. The smallest absolute Gasteiger partial charge is 0.329 e. The summed E-state index contributed by atoms with van der Waals surface area (Å²) >= 11 is 0. The van der Waals surface area contributed by atoms with Crippen LogP contribution in [0.15, 0.2) is 6.20 Å². The van der Waals surface area contributed by atoms with Crippen LogP contribution in [0.25, 0.3) is 0 Å². The highest BCUT2D eigenvalue weighted by Crippen LogP contribution is 2.30. The predicted molar refractivity (Wildman–Crippen MR) is 76.2 cm³/mol. The molecule has 8 heteroatoms. The Balaban J connectivity index is 2.16. The van der Waals surface area contributed by atoms with E-state index in [1.54, 1.807) is 0 Å². The Morgan fingerprint density at radius 2 is 2.35 bits per heavy atom. The van der Waals surface area contributed by atoms with Crippen LogP contribution in [0.1, 0.15) is 39.0 Å². The molecule has 20 heavy (non-hydrogen) atoms. The molecule has 2 unspecified atom stereocenters. The minimum absolute atomic E-state index is 0.123. The van der Waals surface area contributed by atoms with E-state index in [9.17, 15) is 10.1 Å². The number of nitrogens with two attached hydrogens (primary N) is 1. The van der Waals surface area contributed by atoms with Gasteiger partial charge in [-0.1, -0.05) is 26.2 Å². The Morgan fingerprint density at radius 3 is 3.00 bits per heavy atom. The van der Waals surface area contributed by atoms with E-state index in [1.165, 1.54) is 12.6 Å². The first-order valence-corrected chi connectivity index (χ1v) is 6.88. The van der Waals surface area contributed by atoms with E-state index >= 15 is 0 Å². The third-order valence-electron chi connectivity index (χ3n) is 3.80. The van der Waals surface area contributed by atoms with Crippen molar-refractivity contribution >= 4 is 17.5 Å². The number of hydrogen-bond acceptors (Lipinski definition) is 7. The molecular weight excluding hydrogens is 260 g/mol. The highest BCUT2D eigenvalue weighted by molar-refractivity contribution is 5.57. The van der Waals surface area contributed by atoms with Crippen molar-refractivity contribution in [1.82, 2.24) is 9.97 Å². The van der Waals surface area contributed by atoms with Crippen LogP contribution in [0.2, 0.25) is 0 Å². The molecule has 0 radical (unpaired) electrons. The van der Waals surface area contributed by atoms with Gasteiger partial charge in [0, 0.05) is 6.04 Å². The summed E-state index contributed by atoms with van der Waals surface area (Å²) in [5.41, 5.74) is 2.18. The molecule has 2 rings (SSSR count). The van der Waals surface area contributed by atoms with Crippen LogP contribution in [0.3, 0.4) is 0 Å². The van der Waals surface area contributed by atoms with Gasteiger partial charge in [-0.2, -0.15) is 4.98 Å². The van der Waals surface area contributed by atoms with Crippen LogP contribution >= 0.6 is 0 Å². The monoisotopic (exact) mass is 280 g/mol. The largest absolute Gasteiger partial charge is 0.361 e. The highest BCUT2D eigenvalue weighted by atomic mass is 16.6. The van der Waals surface area contributed by atoms with Crippen molar-refractivity contribution in [3.8, 4) is 0 Å². The fourth-order valence-corrected chi connectivity index (χ4v) is 2.67. The first-order chi connectivity index (χ1) is 9.63. The van der Waals surface area contributed by atoms with E-state index in [0.717, 1.165) is 25.7 Å². The molecule has 0 amide bonds. The minimum Gasteiger partial charge on any atom is -0.361 e. The average molecular weight is 280 g/mol. The number of nitrogens with one attached hydrogen (secondary N) is 2. The van der Waals surface area contributed by atoms with E-state index < -0.39 is 4.92 Å². The number of nitro groups is 1. The van der Waals surface area contributed by atoms with Gasteiger partial charge in [0.1, 0.15) is 6.20 Å². The molecule has 0 bridgehead atoms. The van der Waals surface area contributed by atoms with Gasteiger partial charge >= 0.3 is 5.69 Å². The second-order valence-corrected chi connectivity index (χ2v) is 5.11. The molecule has 1 fully saturated rings. The van der Waals surface area contributed by atoms with Crippen molar-refractivity contribution in [3.05, 3.63) is 16.3 Å². The van der Waals surface area contributed by atoms with Crippen LogP contribution in [-0.2, 0) is 0 Å². The Morgan fingerprint density at radius 1 is 1.55 bits per heavy atom. The van der Waals surface area contributed by atoms with Crippen LogP contribution in [0.5, 0.6) is 0 Å². The highest BCUT2D eigenvalue weighted by Gasteiger charge is 2.24. The van der Waals surface area contributed by atoms with E-state index in [4.69, 9.17) is 5.84 Å². The van der Waals surface area contributed by atoms with Gasteiger partial charge in [0.25, 0.3) is 0 Å². The number of nitrogen functional groups attached to an aromatic ring is 1. The molecule has 4 N–H and O–H groups in total. The van der Waals surface area contributed by atoms with Gasteiger partial charge in [0.2, 0.25) is 11.8 Å². The molecule has 8 nitrogen and oxygen atoms in total. The first-order valence-electron chi connectivity index (χ1n) is 6.88. The van der Waals surface area contributed by atoms with Crippen LogP contribution in [0, 0.1) is 16.0 Å². The lowest BCUT2D eigenvalue weighted by atomic mass is 9.84. The molecule has 110 valence electrons. The molecule has 0 aromatic carbocycles. The van der Waals surface area contributed by atoms with Crippen molar-refractivity contribution in [1.29, 1.82) is 0 Å². The molecular formula is C12H20N6O2. The maximum Gasteiger partial charge on any atom is 0.329 e. The fraction of sp³-hybridized carbons (Fsp3) is 0.667. The van der Waals surface area contributed by atoms with Crippen LogP contribution < -0.4 is 16.6 Å². The normalized spacial score (nSPS) is 22.3. The van der Waals surface area contributed by atoms with Crippen molar-refractivity contribution in [2.24, 2.45) is 11.8 Å². The summed E-state index contributed by atoms with van der Waals surface area (Å²) < 4.78 is 0. The minimum atomic E-state index is -0.483. The summed E-state index contributed by atoms with van der Waals surface area (Å²) in [7, 11) is 0. The molecule has 2 atom stereocenters. The predicted octanol–water partition coefficient (Wildman–Crippen LogP) is 2.05. The Labute approximate surface area is 117 Å². The number of nitrogens with zero attached hydrogens (tertiary/aromatic N) is 3. The SMILES string of the molecule is CCC1CCCC(Nc2nc(NN)ncc2[N+](=O)[O-])C1. The molecule has 1 aromatic heterocycles. The summed E-state index contributed by atoms with van der Waals surface area (Å²) in [5.74, 6) is 6.33. The zero-order chi connectivity index (χ0) is 14.5. The molecule has 0 saturated heterocycles. The maximum atomic E-state index is 11.0. The number of rotatable bonds is 5. The van der Waals surface area contributed by atoms with Crippen molar-refractivity contribution in [2.75, 3.05) is 10.7 Å². The lowest BCUT2D eigenvalue weighted by Gasteiger charge is -2.29. The third kappa shape index (κ3) is 3.32. The van der Waals surface area contributed by atoms with Gasteiger partial charge in [0.05, 0.1) is 4.92 Å².